The molecular weight excluding hydrogens is 294 g/mol. The van der Waals surface area contributed by atoms with Crippen LogP contribution in [0, 0.1) is 0 Å². The van der Waals surface area contributed by atoms with Crippen LogP contribution in [0.1, 0.15) is 18.1 Å². The molecule has 0 spiro atoms. The van der Waals surface area contributed by atoms with Gasteiger partial charge in [-0.15, -0.1) is 0 Å². The predicted octanol–water partition coefficient (Wildman–Crippen LogP) is 2.18. The average molecular weight is 313 g/mol. The lowest BCUT2D eigenvalue weighted by atomic mass is 10.1. The third-order valence-electron chi connectivity index (χ3n) is 3.26. The number of aromatic hydroxyl groups is 1. The van der Waals surface area contributed by atoms with Crippen LogP contribution >= 0.6 is 0 Å². The van der Waals surface area contributed by atoms with Gasteiger partial charge in [-0.3, -0.25) is 4.79 Å². The molecular formula is C18H19NO4. The Kier molecular flexibility index (Phi) is 5.74. The number of phenolic OH excluding ortho intramolecular Hbond substituents is 1. The maximum absolute atomic E-state index is 12.2. The van der Waals surface area contributed by atoms with Crippen molar-refractivity contribution in [3.63, 3.8) is 0 Å². The Balaban J connectivity index is 2.00. The van der Waals surface area contributed by atoms with E-state index in [0.29, 0.717) is 6.42 Å². The molecule has 0 bridgehead atoms. The summed E-state index contributed by atoms with van der Waals surface area (Å²) in [4.78, 5) is 23.6. The van der Waals surface area contributed by atoms with Gasteiger partial charge in [-0.1, -0.05) is 42.5 Å². The number of benzene rings is 2. The Labute approximate surface area is 134 Å². The number of carbonyl (C=O) groups excluding carboxylic acids is 2. The lowest BCUT2D eigenvalue weighted by molar-refractivity contribution is -0.149. The molecule has 5 nitrogen and oxygen atoms in total. The zero-order chi connectivity index (χ0) is 16.7. The second-order valence-electron chi connectivity index (χ2n) is 5.22. The molecule has 0 aliphatic carbocycles. The van der Waals surface area contributed by atoms with Crippen molar-refractivity contribution in [3.8, 4) is 5.75 Å². The molecule has 0 aromatic heterocycles. The predicted molar refractivity (Wildman–Crippen MR) is 85.7 cm³/mol. The third-order valence-corrected chi connectivity index (χ3v) is 3.26. The normalized spacial score (nSPS) is 11.5. The smallest absolute Gasteiger partial charge is 0.329 e. The Morgan fingerprint density at radius 3 is 2.30 bits per heavy atom. The lowest BCUT2D eigenvalue weighted by Gasteiger charge is -2.17. The molecule has 0 radical (unpaired) electrons. The monoisotopic (exact) mass is 313 g/mol. The molecule has 0 saturated heterocycles. The first-order valence-electron chi connectivity index (χ1n) is 7.30. The highest BCUT2D eigenvalue weighted by atomic mass is 16.5. The Morgan fingerprint density at radius 1 is 1.04 bits per heavy atom. The molecule has 0 saturated carbocycles. The van der Waals surface area contributed by atoms with E-state index in [2.05, 4.69) is 5.32 Å². The molecule has 0 heterocycles. The van der Waals surface area contributed by atoms with E-state index in [0.717, 1.165) is 11.1 Å². The molecule has 5 heteroatoms. The molecule has 0 fully saturated rings. The van der Waals surface area contributed by atoms with Gasteiger partial charge in [-0.2, -0.15) is 0 Å². The Morgan fingerprint density at radius 2 is 1.70 bits per heavy atom. The molecule has 2 N–H and O–H groups in total. The number of ether oxygens (including phenoxy) is 1. The largest absolute Gasteiger partial charge is 0.508 e. The van der Waals surface area contributed by atoms with Crippen LogP contribution in [0.4, 0.5) is 0 Å². The fourth-order valence-corrected chi connectivity index (χ4v) is 2.14. The fraction of sp³-hybridized carbons (Fsp3) is 0.222. The number of nitrogens with one attached hydrogen (secondary N) is 1. The van der Waals surface area contributed by atoms with Crippen LogP contribution < -0.4 is 5.32 Å². The van der Waals surface area contributed by atoms with E-state index in [1.165, 1.54) is 19.1 Å². The first-order chi connectivity index (χ1) is 11.0. The molecule has 23 heavy (non-hydrogen) atoms. The second kappa shape index (κ2) is 7.98. The van der Waals surface area contributed by atoms with Crippen LogP contribution in [-0.4, -0.2) is 23.0 Å². The number of amides is 1. The highest BCUT2D eigenvalue weighted by Gasteiger charge is 2.21. The van der Waals surface area contributed by atoms with Gasteiger partial charge in [-0.05, 0) is 23.3 Å². The van der Waals surface area contributed by atoms with Gasteiger partial charge in [0.1, 0.15) is 18.4 Å². The van der Waals surface area contributed by atoms with E-state index in [9.17, 15) is 14.7 Å². The van der Waals surface area contributed by atoms with Crippen LogP contribution in [0.3, 0.4) is 0 Å². The first-order valence-corrected chi connectivity index (χ1v) is 7.30. The summed E-state index contributed by atoms with van der Waals surface area (Å²) in [5.41, 5.74) is 1.70. The fourth-order valence-electron chi connectivity index (χ4n) is 2.14. The zero-order valence-electron chi connectivity index (χ0n) is 12.9. The van der Waals surface area contributed by atoms with Gasteiger partial charge >= 0.3 is 5.97 Å². The van der Waals surface area contributed by atoms with Gasteiger partial charge in [0, 0.05) is 13.3 Å². The Bertz CT molecular complexity index is 652. The second-order valence-corrected chi connectivity index (χ2v) is 5.22. The topological polar surface area (TPSA) is 75.6 Å². The van der Waals surface area contributed by atoms with E-state index in [4.69, 9.17) is 4.74 Å². The molecule has 1 atom stereocenters. The highest BCUT2D eigenvalue weighted by Crippen LogP contribution is 2.12. The number of hydrogen-bond acceptors (Lipinski definition) is 4. The summed E-state index contributed by atoms with van der Waals surface area (Å²) in [6.07, 6.45) is 0.299. The number of carbonyl (C=O) groups is 2. The summed E-state index contributed by atoms with van der Waals surface area (Å²) < 4.78 is 5.28. The van der Waals surface area contributed by atoms with Gasteiger partial charge in [0.25, 0.3) is 0 Å². The van der Waals surface area contributed by atoms with Crippen LogP contribution in [0.15, 0.2) is 54.6 Å². The number of phenols is 1. The van der Waals surface area contributed by atoms with E-state index in [-0.39, 0.29) is 18.3 Å². The van der Waals surface area contributed by atoms with Crippen molar-refractivity contribution in [2.24, 2.45) is 0 Å². The minimum atomic E-state index is -0.763. The standard InChI is InChI=1S/C18H19NO4/c1-13(20)19-17(11-14-7-9-16(21)10-8-14)18(22)23-12-15-5-3-2-4-6-15/h2-10,17,21H,11-12H2,1H3,(H,19,20). The number of rotatable bonds is 6. The summed E-state index contributed by atoms with van der Waals surface area (Å²) in [6, 6.07) is 15.1. The van der Waals surface area contributed by atoms with Crippen molar-refractivity contribution < 1.29 is 19.4 Å². The highest BCUT2D eigenvalue weighted by molar-refractivity contribution is 5.83. The van der Waals surface area contributed by atoms with Gasteiger partial charge in [0.2, 0.25) is 5.91 Å². The molecule has 0 aliphatic rings. The molecule has 120 valence electrons. The molecule has 0 aliphatic heterocycles. The molecule has 1 unspecified atom stereocenters. The minimum absolute atomic E-state index is 0.150. The molecule has 2 aromatic carbocycles. The van der Waals surface area contributed by atoms with Crippen LogP contribution in [0.25, 0.3) is 0 Å². The minimum Gasteiger partial charge on any atom is -0.508 e. The van der Waals surface area contributed by atoms with Crippen molar-refractivity contribution in [1.29, 1.82) is 0 Å². The maximum Gasteiger partial charge on any atom is 0.329 e. The van der Waals surface area contributed by atoms with Crippen molar-refractivity contribution in [2.75, 3.05) is 0 Å². The summed E-state index contributed by atoms with van der Waals surface area (Å²) in [5.74, 6) is -0.640. The Hall–Kier alpha value is -2.82. The van der Waals surface area contributed by atoms with Crippen molar-refractivity contribution in [3.05, 3.63) is 65.7 Å². The van der Waals surface area contributed by atoms with Crippen molar-refractivity contribution in [1.82, 2.24) is 5.32 Å². The van der Waals surface area contributed by atoms with E-state index >= 15 is 0 Å². The van der Waals surface area contributed by atoms with Crippen molar-refractivity contribution in [2.45, 2.75) is 26.0 Å². The van der Waals surface area contributed by atoms with E-state index < -0.39 is 12.0 Å². The summed E-state index contributed by atoms with van der Waals surface area (Å²) >= 11 is 0. The molecule has 2 aromatic rings. The van der Waals surface area contributed by atoms with Crippen LogP contribution in [-0.2, 0) is 27.4 Å². The summed E-state index contributed by atoms with van der Waals surface area (Å²) in [5, 5.41) is 11.9. The van der Waals surface area contributed by atoms with Gasteiger partial charge in [0.15, 0.2) is 0 Å². The summed E-state index contributed by atoms with van der Waals surface area (Å²) in [6.45, 7) is 1.51. The van der Waals surface area contributed by atoms with Gasteiger partial charge < -0.3 is 15.2 Å². The van der Waals surface area contributed by atoms with Gasteiger partial charge in [-0.25, -0.2) is 4.79 Å². The average Bonchev–Trinajstić information content (AvgIpc) is 2.54. The third kappa shape index (κ3) is 5.47. The summed E-state index contributed by atoms with van der Waals surface area (Å²) in [7, 11) is 0. The SMILES string of the molecule is CC(=O)NC(Cc1ccc(O)cc1)C(=O)OCc1ccccc1. The quantitative estimate of drug-likeness (QED) is 0.802. The molecule has 1 amide bonds. The molecule has 2 rings (SSSR count). The van der Waals surface area contributed by atoms with E-state index in [1.807, 2.05) is 30.3 Å². The van der Waals surface area contributed by atoms with Crippen molar-refractivity contribution >= 4 is 11.9 Å². The van der Waals surface area contributed by atoms with Crippen LogP contribution in [0.5, 0.6) is 5.75 Å². The van der Waals surface area contributed by atoms with Gasteiger partial charge in [0.05, 0.1) is 0 Å². The lowest BCUT2D eigenvalue weighted by Crippen LogP contribution is -2.42. The van der Waals surface area contributed by atoms with E-state index in [1.54, 1.807) is 12.1 Å². The zero-order valence-corrected chi connectivity index (χ0v) is 12.9. The first kappa shape index (κ1) is 16.5. The maximum atomic E-state index is 12.2. The number of hydrogen-bond donors (Lipinski definition) is 2. The number of esters is 1. The van der Waals surface area contributed by atoms with Crippen LogP contribution in [0.2, 0.25) is 0 Å².